The first-order valence-corrected chi connectivity index (χ1v) is 13.1. The lowest BCUT2D eigenvalue weighted by molar-refractivity contribution is 0.418. The zero-order chi connectivity index (χ0) is 20.0. The smallest absolute Gasteiger partial charge is 0.119 e. The first-order chi connectivity index (χ1) is 14.1. The molecule has 0 radical (unpaired) electrons. The molecular formula is C27H24OSi. The van der Waals surface area contributed by atoms with E-state index in [1.807, 2.05) is 0 Å². The van der Waals surface area contributed by atoms with Crippen molar-refractivity contribution in [1.82, 2.24) is 0 Å². The summed E-state index contributed by atoms with van der Waals surface area (Å²) in [5.41, 5.74) is 5.29. The van der Waals surface area contributed by atoms with Gasteiger partial charge >= 0.3 is 0 Å². The topological polar surface area (TPSA) is 9.23 Å². The van der Waals surface area contributed by atoms with Gasteiger partial charge < -0.3 is 4.74 Å². The predicted octanol–water partition coefficient (Wildman–Crippen LogP) is 6.28. The van der Waals surface area contributed by atoms with Crippen molar-refractivity contribution in [3.8, 4) is 5.75 Å². The number of hydrogen-bond acceptors (Lipinski definition) is 1. The molecule has 0 unspecified atom stereocenters. The minimum Gasteiger partial charge on any atom is -0.497 e. The van der Waals surface area contributed by atoms with Gasteiger partial charge in [-0.1, -0.05) is 98.0 Å². The summed E-state index contributed by atoms with van der Waals surface area (Å²) in [7, 11) is -0.273. The van der Waals surface area contributed by atoms with Crippen LogP contribution in [0.4, 0.5) is 0 Å². The zero-order valence-corrected chi connectivity index (χ0v) is 18.1. The van der Waals surface area contributed by atoms with Crippen LogP contribution in [0.1, 0.15) is 16.7 Å². The highest BCUT2D eigenvalue weighted by Crippen LogP contribution is 2.45. The van der Waals surface area contributed by atoms with E-state index in [9.17, 15) is 0 Å². The third-order valence-corrected chi connectivity index (χ3v) is 9.66. The van der Waals surface area contributed by atoms with Crippen molar-refractivity contribution in [2.24, 2.45) is 0 Å². The molecule has 4 aromatic carbocycles. The Bertz CT molecular complexity index is 1240. The van der Waals surface area contributed by atoms with Crippen LogP contribution in [0.15, 0.2) is 91.0 Å². The minimum absolute atomic E-state index is 1.02. The first-order valence-electron chi connectivity index (χ1n) is 10.1. The second-order valence-electron chi connectivity index (χ2n) is 8.15. The third kappa shape index (κ3) is 2.67. The second kappa shape index (κ2) is 6.75. The fourth-order valence-corrected chi connectivity index (χ4v) is 8.69. The van der Waals surface area contributed by atoms with E-state index in [4.69, 9.17) is 4.74 Å². The molecule has 0 fully saturated rings. The largest absolute Gasteiger partial charge is 0.497 e. The summed E-state index contributed by atoms with van der Waals surface area (Å²) < 4.78 is 5.91. The van der Waals surface area contributed by atoms with Gasteiger partial charge in [0.25, 0.3) is 0 Å². The van der Waals surface area contributed by atoms with Gasteiger partial charge in [-0.15, -0.1) is 0 Å². The number of ether oxygens (including phenoxy) is 1. The molecule has 5 rings (SSSR count). The van der Waals surface area contributed by atoms with E-state index in [0.29, 0.717) is 0 Å². The van der Waals surface area contributed by atoms with E-state index >= 15 is 0 Å². The molecule has 1 nitrogen and oxygen atoms in total. The highest BCUT2D eigenvalue weighted by Gasteiger charge is 2.40. The van der Waals surface area contributed by atoms with Crippen LogP contribution in [0.5, 0.6) is 5.75 Å². The number of rotatable bonds is 3. The molecule has 1 aliphatic rings. The van der Waals surface area contributed by atoms with Crippen LogP contribution < -0.4 is 9.92 Å². The molecule has 0 bridgehead atoms. The number of methoxy groups -OCH3 is 1. The Balaban J connectivity index is 2.00. The first kappa shape index (κ1) is 18.0. The highest BCUT2D eigenvalue weighted by molar-refractivity contribution is 7.08. The van der Waals surface area contributed by atoms with Crippen molar-refractivity contribution in [2.75, 3.05) is 7.11 Å². The molecule has 0 saturated heterocycles. The molecule has 0 aromatic heterocycles. The Morgan fingerprint density at radius 3 is 1.97 bits per heavy atom. The summed E-state index contributed by atoms with van der Waals surface area (Å²) in [5, 5.41) is 5.54. The molecule has 0 spiro atoms. The maximum absolute atomic E-state index is 5.91. The standard InChI is InChI=1S/C27H24OSi/c1-28-23-18-17-20-15-10-16-22-24(19-11-6-4-7-12-19)26(21-13-8-5-9-14-21)29(2,3)27(23)25(20)22/h4-18H,1-3H3. The van der Waals surface area contributed by atoms with Crippen LogP contribution in [-0.4, -0.2) is 15.2 Å². The molecule has 4 aromatic rings. The normalized spacial score (nSPS) is 14.9. The molecule has 0 amide bonds. The summed E-state index contributed by atoms with van der Waals surface area (Å²) in [4.78, 5) is 0. The maximum atomic E-state index is 5.91. The Hall–Kier alpha value is -3.10. The summed E-state index contributed by atoms with van der Waals surface area (Å²) in [6.45, 7) is 4.93. The van der Waals surface area contributed by atoms with Crippen molar-refractivity contribution in [1.29, 1.82) is 0 Å². The van der Waals surface area contributed by atoms with Gasteiger partial charge in [-0.25, -0.2) is 0 Å². The lowest BCUT2D eigenvalue weighted by atomic mass is 9.90. The number of hydrogen-bond donors (Lipinski definition) is 0. The summed E-state index contributed by atoms with van der Waals surface area (Å²) in [6.07, 6.45) is 0. The van der Waals surface area contributed by atoms with Crippen LogP contribution in [0.2, 0.25) is 13.1 Å². The van der Waals surface area contributed by atoms with E-state index in [2.05, 4.69) is 104 Å². The van der Waals surface area contributed by atoms with Crippen molar-refractivity contribution in [2.45, 2.75) is 13.1 Å². The minimum atomic E-state index is -2.07. The van der Waals surface area contributed by atoms with E-state index < -0.39 is 8.07 Å². The van der Waals surface area contributed by atoms with Crippen molar-refractivity contribution < 1.29 is 4.74 Å². The fourth-order valence-electron chi connectivity index (χ4n) is 4.95. The Kier molecular flexibility index (Phi) is 4.18. The molecular weight excluding hydrogens is 368 g/mol. The van der Waals surface area contributed by atoms with Crippen LogP contribution in [0, 0.1) is 0 Å². The number of benzene rings is 4. The molecule has 1 aliphatic heterocycles. The van der Waals surface area contributed by atoms with E-state index in [1.54, 1.807) is 7.11 Å². The monoisotopic (exact) mass is 392 g/mol. The van der Waals surface area contributed by atoms with Gasteiger partial charge in [-0.3, -0.25) is 0 Å². The summed E-state index contributed by atoms with van der Waals surface area (Å²) in [5.74, 6) is 1.02. The zero-order valence-electron chi connectivity index (χ0n) is 17.1. The molecule has 0 N–H and O–H groups in total. The van der Waals surface area contributed by atoms with Gasteiger partial charge in [0.2, 0.25) is 0 Å². The lowest BCUT2D eigenvalue weighted by Crippen LogP contribution is -2.47. The van der Waals surface area contributed by atoms with Crippen molar-refractivity contribution in [3.63, 3.8) is 0 Å². The molecule has 29 heavy (non-hydrogen) atoms. The average Bonchev–Trinajstić information content (AvgIpc) is 2.76. The Morgan fingerprint density at radius 1 is 0.655 bits per heavy atom. The maximum Gasteiger partial charge on any atom is 0.119 e. The van der Waals surface area contributed by atoms with Crippen molar-refractivity contribution in [3.05, 3.63) is 108 Å². The second-order valence-corrected chi connectivity index (χ2v) is 12.4. The Labute approximate surface area is 173 Å². The summed E-state index contributed by atoms with van der Waals surface area (Å²) >= 11 is 0. The molecule has 0 atom stereocenters. The predicted molar refractivity (Wildman–Crippen MR) is 126 cm³/mol. The quantitative estimate of drug-likeness (QED) is 0.373. The highest BCUT2D eigenvalue weighted by atomic mass is 28.3. The fraction of sp³-hybridized carbons (Fsp3) is 0.111. The van der Waals surface area contributed by atoms with Crippen LogP contribution in [0.3, 0.4) is 0 Å². The average molecular weight is 393 g/mol. The van der Waals surface area contributed by atoms with Crippen molar-refractivity contribution >= 4 is 34.8 Å². The van der Waals surface area contributed by atoms with E-state index in [-0.39, 0.29) is 0 Å². The van der Waals surface area contributed by atoms with E-state index in [0.717, 1.165) is 5.75 Å². The Morgan fingerprint density at radius 2 is 1.31 bits per heavy atom. The van der Waals surface area contributed by atoms with E-state index in [1.165, 1.54) is 43.4 Å². The van der Waals surface area contributed by atoms with Crippen LogP contribution in [0.25, 0.3) is 21.5 Å². The summed E-state index contributed by atoms with van der Waals surface area (Å²) in [6, 6.07) is 32.8. The van der Waals surface area contributed by atoms with Crippen LogP contribution >= 0.6 is 0 Å². The van der Waals surface area contributed by atoms with Gasteiger partial charge in [0.05, 0.1) is 7.11 Å². The SMILES string of the molecule is COc1ccc2cccc3c2c1[Si](C)(C)C(c1ccccc1)=C3c1ccccc1. The molecule has 0 aliphatic carbocycles. The third-order valence-electron chi connectivity index (χ3n) is 6.12. The van der Waals surface area contributed by atoms with Gasteiger partial charge in [-0.05, 0) is 49.5 Å². The van der Waals surface area contributed by atoms with Crippen LogP contribution in [-0.2, 0) is 0 Å². The molecule has 1 heterocycles. The molecule has 2 heteroatoms. The molecule has 142 valence electrons. The molecule has 0 saturated carbocycles. The van der Waals surface area contributed by atoms with Gasteiger partial charge in [0, 0.05) is 0 Å². The lowest BCUT2D eigenvalue weighted by Gasteiger charge is -2.37. The van der Waals surface area contributed by atoms with Gasteiger partial charge in [-0.2, -0.15) is 0 Å². The van der Waals surface area contributed by atoms with Gasteiger partial charge in [0.15, 0.2) is 0 Å². The van der Waals surface area contributed by atoms with Gasteiger partial charge in [0.1, 0.15) is 13.8 Å².